The van der Waals surface area contributed by atoms with Crippen LogP contribution in [0.2, 0.25) is 0 Å². The molecule has 0 aliphatic heterocycles. The lowest BCUT2D eigenvalue weighted by molar-refractivity contribution is -0.153. The van der Waals surface area contributed by atoms with Crippen LogP contribution in [0.3, 0.4) is 0 Å². The number of ketones is 1. The summed E-state index contributed by atoms with van der Waals surface area (Å²) in [5.74, 6) is -2.42. The molecule has 0 aliphatic rings. The van der Waals surface area contributed by atoms with Crippen molar-refractivity contribution in [2.45, 2.75) is 19.6 Å². The summed E-state index contributed by atoms with van der Waals surface area (Å²) in [5.41, 5.74) is 0.826. The Morgan fingerprint density at radius 3 is 1.83 bits per heavy atom. The highest BCUT2D eigenvalue weighted by molar-refractivity contribution is 6.01. The lowest BCUT2D eigenvalue weighted by Crippen LogP contribution is -2.37. The number of hydrogen-bond acceptors (Lipinski definition) is 4. The molecule has 0 spiro atoms. The molecule has 0 saturated carbocycles. The second kappa shape index (κ2) is 9.90. The summed E-state index contributed by atoms with van der Waals surface area (Å²) in [5, 5.41) is 10.4. The SMILES string of the molecule is CCOCC.COC(O)(C(=O)c1ccccc1)c1ccccc1. The number of carbonyl (C=O) groups is 1. The molecule has 0 aliphatic carbocycles. The summed E-state index contributed by atoms with van der Waals surface area (Å²) in [6, 6.07) is 17.2. The first-order valence-electron chi connectivity index (χ1n) is 7.60. The van der Waals surface area contributed by atoms with Crippen LogP contribution in [0, 0.1) is 0 Å². The fraction of sp³-hybridized carbons (Fsp3) is 0.316. The number of ether oxygens (including phenoxy) is 2. The second-order valence-electron chi connectivity index (χ2n) is 4.69. The van der Waals surface area contributed by atoms with Crippen molar-refractivity contribution in [3.63, 3.8) is 0 Å². The molecule has 2 aromatic carbocycles. The summed E-state index contributed by atoms with van der Waals surface area (Å²) >= 11 is 0. The van der Waals surface area contributed by atoms with Crippen LogP contribution in [-0.4, -0.2) is 31.2 Å². The Labute approximate surface area is 137 Å². The van der Waals surface area contributed by atoms with Crippen LogP contribution in [-0.2, 0) is 15.3 Å². The van der Waals surface area contributed by atoms with Crippen molar-refractivity contribution in [2.75, 3.05) is 20.3 Å². The predicted octanol–water partition coefficient (Wildman–Crippen LogP) is 3.40. The van der Waals surface area contributed by atoms with Crippen molar-refractivity contribution in [3.05, 3.63) is 71.8 Å². The third kappa shape index (κ3) is 5.28. The molecule has 1 unspecified atom stereocenters. The molecule has 1 N–H and O–H groups in total. The van der Waals surface area contributed by atoms with Crippen LogP contribution in [0.4, 0.5) is 0 Å². The molecule has 0 fully saturated rings. The van der Waals surface area contributed by atoms with Crippen molar-refractivity contribution >= 4 is 5.78 Å². The predicted molar refractivity (Wildman–Crippen MR) is 90.3 cm³/mol. The first-order chi connectivity index (χ1) is 11.1. The smallest absolute Gasteiger partial charge is 0.258 e. The lowest BCUT2D eigenvalue weighted by Gasteiger charge is -2.25. The molecule has 0 amide bonds. The summed E-state index contributed by atoms with van der Waals surface area (Å²) in [6.07, 6.45) is 0. The molecular formula is C19H24O4. The molecule has 0 heterocycles. The van der Waals surface area contributed by atoms with Crippen LogP contribution < -0.4 is 0 Å². The quantitative estimate of drug-likeness (QED) is 0.655. The van der Waals surface area contributed by atoms with E-state index < -0.39 is 11.6 Å². The van der Waals surface area contributed by atoms with E-state index in [4.69, 9.17) is 9.47 Å². The minimum Gasteiger partial charge on any atom is -0.382 e. The fourth-order valence-corrected chi connectivity index (χ4v) is 2.00. The maximum absolute atomic E-state index is 12.3. The van der Waals surface area contributed by atoms with E-state index in [2.05, 4.69) is 0 Å². The van der Waals surface area contributed by atoms with Gasteiger partial charge in [-0.15, -0.1) is 0 Å². The van der Waals surface area contributed by atoms with E-state index in [1.54, 1.807) is 48.5 Å². The Morgan fingerprint density at radius 2 is 1.43 bits per heavy atom. The standard InChI is InChI=1S/C15H14O3.C4H10O/c1-18-15(17,13-10-6-3-7-11-13)14(16)12-8-4-2-5-9-12;1-3-5-4-2/h2-11,17H,1H3;3-4H2,1-2H3. The minimum absolute atomic E-state index is 0.408. The van der Waals surface area contributed by atoms with Crippen molar-refractivity contribution in [1.82, 2.24) is 0 Å². The number of carbonyl (C=O) groups excluding carboxylic acids is 1. The molecule has 4 nitrogen and oxygen atoms in total. The van der Waals surface area contributed by atoms with Gasteiger partial charge in [0.25, 0.3) is 5.79 Å². The zero-order valence-corrected chi connectivity index (χ0v) is 13.9. The van der Waals surface area contributed by atoms with Crippen LogP contribution >= 0.6 is 0 Å². The van der Waals surface area contributed by atoms with E-state index >= 15 is 0 Å². The van der Waals surface area contributed by atoms with Gasteiger partial charge in [0.05, 0.1) is 0 Å². The number of rotatable bonds is 6. The fourth-order valence-electron chi connectivity index (χ4n) is 2.00. The molecule has 0 radical (unpaired) electrons. The van der Waals surface area contributed by atoms with Gasteiger partial charge in [0.1, 0.15) is 0 Å². The molecule has 0 saturated heterocycles. The van der Waals surface area contributed by atoms with E-state index in [1.165, 1.54) is 7.11 Å². The molecular weight excluding hydrogens is 292 g/mol. The Bertz CT molecular complexity index is 566. The van der Waals surface area contributed by atoms with E-state index in [0.717, 1.165) is 13.2 Å². The average molecular weight is 316 g/mol. The molecule has 2 rings (SSSR count). The molecule has 0 aromatic heterocycles. The number of aliphatic hydroxyl groups is 1. The van der Waals surface area contributed by atoms with Crippen LogP contribution in [0.15, 0.2) is 60.7 Å². The summed E-state index contributed by atoms with van der Waals surface area (Å²) in [7, 11) is 1.31. The Hall–Kier alpha value is -2.01. The zero-order chi connectivity index (χ0) is 17.1. The molecule has 0 bridgehead atoms. The van der Waals surface area contributed by atoms with E-state index in [-0.39, 0.29) is 0 Å². The zero-order valence-electron chi connectivity index (χ0n) is 13.9. The Morgan fingerprint density at radius 1 is 0.957 bits per heavy atom. The third-order valence-electron chi connectivity index (χ3n) is 3.21. The molecule has 2 aromatic rings. The van der Waals surface area contributed by atoms with Crippen molar-refractivity contribution in [3.8, 4) is 0 Å². The normalized spacial score (nSPS) is 12.7. The Kier molecular flexibility index (Phi) is 8.19. The largest absolute Gasteiger partial charge is 0.382 e. The average Bonchev–Trinajstić information content (AvgIpc) is 2.63. The highest BCUT2D eigenvalue weighted by Crippen LogP contribution is 2.26. The topological polar surface area (TPSA) is 55.8 Å². The van der Waals surface area contributed by atoms with Gasteiger partial charge >= 0.3 is 0 Å². The van der Waals surface area contributed by atoms with Gasteiger partial charge in [0.15, 0.2) is 0 Å². The van der Waals surface area contributed by atoms with Gasteiger partial charge in [0, 0.05) is 31.5 Å². The molecule has 1 atom stereocenters. The summed E-state index contributed by atoms with van der Waals surface area (Å²) in [6.45, 7) is 5.67. The van der Waals surface area contributed by atoms with Gasteiger partial charge in [-0.25, -0.2) is 0 Å². The van der Waals surface area contributed by atoms with Gasteiger partial charge in [-0.05, 0) is 13.8 Å². The maximum Gasteiger partial charge on any atom is 0.258 e. The van der Waals surface area contributed by atoms with E-state index in [0.29, 0.717) is 11.1 Å². The van der Waals surface area contributed by atoms with Crippen molar-refractivity contribution in [1.29, 1.82) is 0 Å². The van der Waals surface area contributed by atoms with Gasteiger partial charge in [-0.2, -0.15) is 0 Å². The van der Waals surface area contributed by atoms with Gasteiger partial charge in [0.2, 0.25) is 5.78 Å². The van der Waals surface area contributed by atoms with Gasteiger partial charge < -0.3 is 14.6 Å². The number of methoxy groups -OCH3 is 1. The van der Waals surface area contributed by atoms with Crippen LogP contribution in [0.1, 0.15) is 29.8 Å². The number of hydrogen-bond donors (Lipinski definition) is 1. The van der Waals surface area contributed by atoms with Crippen LogP contribution in [0.5, 0.6) is 0 Å². The monoisotopic (exact) mass is 316 g/mol. The highest BCUT2D eigenvalue weighted by atomic mass is 16.6. The molecule has 23 heavy (non-hydrogen) atoms. The minimum atomic E-state index is -1.94. The third-order valence-corrected chi connectivity index (χ3v) is 3.21. The maximum atomic E-state index is 12.3. The van der Waals surface area contributed by atoms with Crippen LogP contribution in [0.25, 0.3) is 0 Å². The van der Waals surface area contributed by atoms with Gasteiger partial charge in [-0.3, -0.25) is 4.79 Å². The van der Waals surface area contributed by atoms with Gasteiger partial charge in [-0.1, -0.05) is 60.7 Å². The van der Waals surface area contributed by atoms with Crippen molar-refractivity contribution in [2.24, 2.45) is 0 Å². The summed E-state index contributed by atoms with van der Waals surface area (Å²) < 4.78 is 9.88. The Balaban J connectivity index is 0.000000463. The first-order valence-corrected chi connectivity index (χ1v) is 7.60. The van der Waals surface area contributed by atoms with Crippen molar-refractivity contribution < 1.29 is 19.4 Å². The summed E-state index contributed by atoms with van der Waals surface area (Å²) in [4.78, 5) is 12.3. The lowest BCUT2D eigenvalue weighted by atomic mass is 9.96. The number of Topliss-reactive ketones (excluding diaryl/α,β-unsaturated/α-hetero) is 1. The highest BCUT2D eigenvalue weighted by Gasteiger charge is 2.38. The number of benzene rings is 2. The van der Waals surface area contributed by atoms with E-state index in [9.17, 15) is 9.90 Å². The first kappa shape index (κ1) is 19.0. The molecule has 4 heteroatoms. The molecule has 124 valence electrons. The second-order valence-corrected chi connectivity index (χ2v) is 4.69. The van der Waals surface area contributed by atoms with E-state index in [1.807, 2.05) is 26.0 Å².